The lowest BCUT2D eigenvalue weighted by molar-refractivity contribution is 0.0538. The van der Waals surface area contributed by atoms with Crippen LogP contribution in [0.2, 0.25) is 10.0 Å². The zero-order valence-electron chi connectivity index (χ0n) is 13.6. The molecule has 0 spiro atoms. The third-order valence-electron chi connectivity index (χ3n) is 3.85. The molecule has 1 fully saturated rings. The van der Waals surface area contributed by atoms with Gasteiger partial charge in [-0.2, -0.15) is 0 Å². The smallest absolute Gasteiger partial charge is 0.314 e. The molecule has 3 N–H and O–H groups in total. The van der Waals surface area contributed by atoms with Gasteiger partial charge in [0.05, 0.1) is 29.4 Å². The topological polar surface area (TPSA) is 71.6 Å². The summed E-state index contributed by atoms with van der Waals surface area (Å²) in [6.07, 6.45) is -0.148. The first-order chi connectivity index (χ1) is 11.6. The normalized spacial score (nSPS) is 21.1. The van der Waals surface area contributed by atoms with E-state index >= 15 is 0 Å². The number of nitrogens with one attached hydrogen (secondary N) is 3. The summed E-state index contributed by atoms with van der Waals surface area (Å²) in [5.74, 6) is 0.0709. The first-order valence-corrected chi connectivity index (χ1v) is 8.65. The Morgan fingerprint density at radius 3 is 2.96 bits per heavy atom. The first-order valence-electron chi connectivity index (χ1n) is 7.89. The number of hydrogen-bond acceptors (Lipinski definition) is 4. The molecule has 8 heteroatoms. The molecule has 6 nitrogen and oxygen atoms in total. The van der Waals surface area contributed by atoms with Gasteiger partial charge in [-0.05, 0) is 17.7 Å². The number of methoxy groups -OCH3 is 1. The number of benzene rings is 1. The average molecular weight is 376 g/mol. The number of hydrogen-bond donors (Lipinski definition) is 3. The van der Waals surface area contributed by atoms with Crippen molar-refractivity contribution in [3.8, 4) is 0 Å². The molecule has 0 bridgehead atoms. The molecule has 1 heterocycles. The van der Waals surface area contributed by atoms with Crippen LogP contribution in [-0.4, -0.2) is 58.6 Å². The molecular formula is C16H23Cl2N3O3. The van der Waals surface area contributed by atoms with Crippen LogP contribution in [0.4, 0.5) is 4.79 Å². The molecule has 1 aliphatic heterocycles. The molecule has 0 aliphatic carbocycles. The molecule has 1 aromatic carbocycles. The van der Waals surface area contributed by atoms with E-state index in [9.17, 15) is 4.79 Å². The van der Waals surface area contributed by atoms with Gasteiger partial charge in [0.1, 0.15) is 0 Å². The molecule has 24 heavy (non-hydrogen) atoms. The van der Waals surface area contributed by atoms with Crippen molar-refractivity contribution >= 4 is 29.2 Å². The summed E-state index contributed by atoms with van der Waals surface area (Å²) in [4.78, 5) is 11.8. The van der Waals surface area contributed by atoms with E-state index in [0.717, 1.165) is 18.7 Å². The minimum atomic E-state index is -0.235. The van der Waals surface area contributed by atoms with Crippen LogP contribution in [0.15, 0.2) is 18.2 Å². The molecule has 2 atom stereocenters. The van der Waals surface area contributed by atoms with Gasteiger partial charge >= 0.3 is 6.03 Å². The van der Waals surface area contributed by atoms with E-state index in [4.69, 9.17) is 32.7 Å². The maximum Gasteiger partial charge on any atom is 0.314 e. The molecular weight excluding hydrogens is 353 g/mol. The highest BCUT2D eigenvalue weighted by molar-refractivity contribution is 6.42. The lowest BCUT2D eigenvalue weighted by atomic mass is 9.93. The number of ether oxygens (including phenoxy) is 2. The molecule has 2 rings (SSSR count). The number of carbonyl (C=O) groups excluding carboxylic acids is 1. The van der Waals surface area contributed by atoms with Crippen molar-refractivity contribution in [2.75, 3.05) is 46.5 Å². The number of urea groups is 1. The summed E-state index contributed by atoms with van der Waals surface area (Å²) < 4.78 is 10.8. The van der Waals surface area contributed by atoms with Crippen LogP contribution in [-0.2, 0) is 9.47 Å². The highest BCUT2D eigenvalue weighted by atomic mass is 35.5. The third-order valence-corrected chi connectivity index (χ3v) is 4.59. The average Bonchev–Trinajstić information content (AvgIpc) is 2.81. The van der Waals surface area contributed by atoms with Crippen molar-refractivity contribution in [2.45, 2.75) is 12.0 Å². The molecule has 0 saturated carbocycles. The second kappa shape index (κ2) is 10.1. The van der Waals surface area contributed by atoms with Crippen molar-refractivity contribution in [1.29, 1.82) is 0 Å². The van der Waals surface area contributed by atoms with E-state index in [1.807, 2.05) is 12.1 Å². The third kappa shape index (κ3) is 5.79. The Labute approximate surface area is 152 Å². The molecule has 1 saturated heterocycles. The summed E-state index contributed by atoms with van der Waals surface area (Å²) in [7, 11) is 1.59. The van der Waals surface area contributed by atoms with E-state index < -0.39 is 0 Å². The van der Waals surface area contributed by atoms with Gasteiger partial charge in [-0.25, -0.2) is 4.79 Å². The number of rotatable bonds is 6. The van der Waals surface area contributed by atoms with Gasteiger partial charge in [0.25, 0.3) is 0 Å². The number of halogens is 2. The number of amides is 2. The van der Waals surface area contributed by atoms with Crippen molar-refractivity contribution in [2.24, 2.45) is 0 Å². The Bertz CT molecular complexity index is 545. The minimum Gasteiger partial charge on any atom is -0.383 e. The molecule has 0 radical (unpaired) electrons. The molecule has 0 unspecified atom stereocenters. The summed E-state index contributed by atoms with van der Waals surface area (Å²) in [6.45, 7) is 3.46. The van der Waals surface area contributed by atoms with E-state index in [0.29, 0.717) is 36.3 Å². The predicted molar refractivity (Wildman–Crippen MR) is 95.1 cm³/mol. The van der Waals surface area contributed by atoms with Gasteiger partial charge in [-0.15, -0.1) is 0 Å². The second-order valence-corrected chi connectivity index (χ2v) is 6.34. The number of carbonyl (C=O) groups is 1. The van der Waals surface area contributed by atoms with Crippen LogP contribution in [0.25, 0.3) is 0 Å². The van der Waals surface area contributed by atoms with Crippen LogP contribution in [0.5, 0.6) is 0 Å². The zero-order chi connectivity index (χ0) is 17.4. The van der Waals surface area contributed by atoms with Gasteiger partial charge in [-0.3, -0.25) is 0 Å². The van der Waals surface area contributed by atoms with Gasteiger partial charge in [-0.1, -0.05) is 29.3 Å². The highest BCUT2D eigenvalue weighted by Gasteiger charge is 2.27. The van der Waals surface area contributed by atoms with Crippen LogP contribution < -0.4 is 16.0 Å². The Morgan fingerprint density at radius 2 is 2.21 bits per heavy atom. The van der Waals surface area contributed by atoms with Gasteiger partial charge in [0.15, 0.2) is 0 Å². The maximum atomic E-state index is 11.8. The zero-order valence-corrected chi connectivity index (χ0v) is 15.1. The van der Waals surface area contributed by atoms with Crippen LogP contribution in [0, 0.1) is 0 Å². The highest BCUT2D eigenvalue weighted by Crippen LogP contribution is 2.29. The first kappa shape index (κ1) is 19.3. The minimum absolute atomic E-state index is 0.0709. The molecule has 1 aromatic rings. The Kier molecular flexibility index (Phi) is 8.08. The largest absolute Gasteiger partial charge is 0.383 e. The summed E-state index contributed by atoms with van der Waals surface area (Å²) in [5.41, 5.74) is 1.03. The summed E-state index contributed by atoms with van der Waals surface area (Å²) in [5, 5.41) is 9.96. The lowest BCUT2D eigenvalue weighted by Gasteiger charge is -2.25. The fraction of sp³-hybridized carbons (Fsp3) is 0.562. The second-order valence-electron chi connectivity index (χ2n) is 5.52. The van der Waals surface area contributed by atoms with Crippen molar-refractivity contribution in [1.82, 2.24) is 16.0 Å². The molecule has 0 aromatic heterocycles. The monoisotopic (exact) mass is 375 g/mol. The van der Waals surface area contributed by atoms with E-state index in [1.54, 1.807) is 13.2 Å². The molecule has 2 amide bonds. The summed E-state index contributed by atoms with van der Waals surface area (Å²) in [6, 6.07) is 5.35. The van der Waals surface area contributed by atoms with E-state index in [-0.39, 0.29) is 18.1 Å². The summed E-state index contributed by atoms with van der Waals surface area (Å²) >= 11 is 12.1. The van der Waals surface area contributed by atoms with E-state index in [2.05, 4.69) is 16.0 Å². The van der Waals surface area contributed by atoms with Gasteiger partial charge in [0.2, 0.25) is 0 Å². The molecule has 1 aliphatic rings. The van der Waals surface area contributed by atoms with Crippen LogP contribution >= 0.6 is 23.2 Å². The SMILES string of the molecule is COCCNC(=O)NC[C@@H]1OCCNC[C@@H]1c1ccc(Cl)c(Cl)c1. The van der Waals surface area contributed by atoms with Crippen LogP contribution in [0.1, 0.15) is 11.5 Å². The fourth-order valence-corrected chi connectivity index (χ4v) is 2.89. The quantitative estimate of drug-likeness (QED) is 0.665. The van der Waals surface area contributed by atoms with E-state index in [1.165, 1.54) is 0 Å². The Morgan fingerprint density at radius 1 is 1.38 bits per heavy atom. The maximum absolute atomic E-state index is 11.8. The predicted octanol–water partition coefficient (Wildman–Crippen LogP) is 2.01. The van der Waals surface area contributed by atoms with Crippen molar-refractivity contribution < 1.29 is 14.3 Å². The van der Waals surface area contributed by atoms with Gasteiger partial charge in [0, 0.05) is 39.2 Å². The Balaban J connectivity index is 1.98. The fourth-order valence-electron chi connectivity index (χ4n) is 2.59. The van der Waals surface area contributed by atoms with Crippen molar-refractivity contribution in [3.05, 3.63) is 33.8 Å². The lowest BCUT2D eigenvalue weighted by Crippen LogP contribution is -2.43. The Hall–Kier alpha value is -1.05. The molecule has 134 valence electrons. The standard InChI is InChI=1S/C16H23Cl2N3O3/c1-23-6-5-20-16(22)21-10-15-12(9-19-4-7-24-15)11-2-3-13(17)14(18)8-11/h2-3,8,12,15,19H,4-7,9-10H2,1H3,(H2,20,21,22)/t12-,15+/m1/s1. The van der Waals surface area contributed by atoms with Crippen LogP contribution in [0.3, 0.4) is 0 Å². The van der Waals surface area contributed by atoms with Crippen molar-refractivity contribution in [3.63, 3.8) is 0 Å². The van der Waals surface area contributed by atoms with Gasteiger partial charge < -0.3 is 25.4 Å².